The summed E-state index contributed by atoms with van der Waals surface area (Å²) in [5, 5.41) is 20.3. The third-order valence-corrected chi connectivity index (χ3v) is 4.96. The van der Waals surface area contributed by atoms with Crippen molar-refractivity contribution in [3.8, 4) is 11.8 Å². The molecule has 0 aliphatic heterocycles. The third kappa shape index (κ3) is 5.36. The Morgan fingerprint density at radius 2 is 1.96 bits per heavy atom. The summed E-state index contributed by atoms with van der Waals surface area (Å²) in [6.45, 7) is 3.98. The van der Waals surface area contributed by atoms with Crippen LogP contribution in [0.25, 0.3) is 6.08 Å². The molecule has 0 unspecified atom stereocenters. The van der Waals surface area contributed by atoms with E-state index in [9.17, 15) is 20.2 Å². The number of nitro groups is 1. The van der Waals surface area contributed by atoms with Crippen LogP contribution >= 0.6 is 45.2 Å². The Morgan fingerprint density at radius 1 is 1.30 bits per heavy atom. The molecule has 0 spiro atoms. The lowest BCUT2D eigenvalue weighted by atomic mass is 10.0. The maximum absolute atomic E-state index is 12.6. The molecule has 0 N–H and O–H groups in total. The van der Waals surface area contributed by atoms with Crippen molar-refractivity contribution in [2.24, 2.45) is 0 Å². The number of carbonyl (C=O) groups excluding carboxylic acids is 1. The number of hydrogen-bond donors (Lipinski definition) is 0. The van der Waals surface area contributed by atoms with Gasteiger partial charge in [-0.2, -0.15) is 5.26 Å². The Hall–Kier alpha value is -2.26. The molecule has 0 atom stereocenters. The van der Waals surface area contributed by atoms with Gasteiger partial charge in [-0.15, -0.1) is 0 Å². The van der Waals surface area contributed by atoms with Crippen LogP contribution in [0.15, 0.2) is 54.6 Å². The number of nitriles is 1. The summed E-state index contributed by atoms with van der Waals surface area (Å²) in [7, 11) is 0. The zero-order valence-electron chi connectivity index (χ0n) is 13.8. The number of ether oxygens (including phenoxy) is 1. The molecule has 0 radical (unpaired) electrons. The van der Waals surface area contributed by atoms with Gasteiger partial charge in [-0.25, -0.2) is 0 Å². The monoisotopic (exact) mass is 586 g/mol. The van der Waals surface area contributed by atoms with Gasteiger partial charge in [0.25, 0.3) is 5.69 Å². The zero-order chi connectivity index (χ0) is 20.0. The summed E-state index contributed by atoms with van der Waals surface area (Å²) in [4.78, 5) is 22.9. The molecule has 0 aliphatic carbocycles. The number of hydrogen-bond acceptors (Lipinski definition) is 5. The van der Waals surface area contributed by atoms with Crippen molar-refractivity contribution in [3.05, 3.63) is 83.0 Å². The van der Waals surface area contributed by atoms with Gasteiger partial charge in [0.1, 0.15) is 24.0 Å². The second kappa shape index (κ2) is 9.61. The average Bonchev–Trinajstić information content (AvgIpc) is 2.65. The normalized spacial score (nSPS) is 10.8. The van der Waals surface area contributed by atoms with E-state index in [0.717, 1.165) is 13.2 Å². The minimum Gasteiger partial charge on any atom is -0.487 e. The minimum absolute atomic E-state index is 0.0901. The maximum atomic E-state index is 12.6. The standard InChI is InChI=1S/C19H12I2N2O4/c1-2-6-27-19-16(20)8-12(9-17(19)21)7-14(11-22)18(24)13-4-3-5-15(10-13)23(25)26/h2-5,7-10H,1,6H2/b14-7+. The predicted octanol–water partition coefficient (Wildman–Crippen LogP) is 5.16. The second-order valence-corrected chi connectivity index (χ2v) is 7.54. The lowest BCUT2D eigenvalue weighted by Crippen LogP contribution is -2.03. The number of non-ortho nitro benzene ring substituents is 1. The number of Topliss-reactive ketones (excluding diaryl/α,β-unsaturated/α-hetero) is 1. The van der Waals surface area contributed by atoms with E-state index in [4.69, 9.17) is 4.74 Å². The van der Waals surface area contributed by atoms with Gasteiger partial charge in [-0.05, 0) is 69.0 Å². The second-order valence-electron chi connectivity index (χ2n) is 5.22. The summed E-state index contributed by atoms with van der Waals surface area (Å²) in [6.07, 6.45) is 3.11. The highest BCUT2D eigenvalue weighted by atomic mass is 127. The van der Waals surface area contributed by atoms with Crippen molar-refractivity contribution in [1.29, 1.82) is 5.26 Å². The van der Waals surface area contributed by atoms with Crippen molar-refractivity contribution in [3.63, 3.8) is 0 Å². The lowest BCUT2D eigenvalue weighted by Gasteiger charge is -2.10. The van der Waals surface area contributed by atoms with Gasteiger partial charge in [0.05, 0.1) is 12.1 Å². The van der Waals surface area contributed by atoms with Gasteiger partial charge in [-0.3, -0.25) is 14.9 Å². The van der Waals surface area contributed by atoms with Crippen LogP contribution in [-0.2, 0) is 0 Å². The molecule has 0 saturated carbocycles. The Bertz CT molecular complexity index is 970. The molecule has 0 heterocycles. The smallest absolute Gasteiger partial charge is 0.270 e. The largest absolute Gasteiger partial charge is 0.487 e. The Balaban J connectivity index is 2.40. The van der Waals surface area contributed by atoms with Gasteiger partial charge in [0, 0.05) is 17.7 Å². The van der Waals surface area contributed by atoms with E-state index in [1.807, 2.05) is 6.07 Å². The molecule has 0 aliphatic rings. The van der Waals surface area contributed by atoms with Crippen molar-refractivity contribution in [2.75, 3.05) is 6.61 Å². The zero-order valence-corrected chi connectivity index (χ0v) is 18.1. The van der Waals surface area contributed by atoms with Crippen molar-refractivity contribution >= 4 is 62.7 Å². The summed E-state index contributed by atoms with van der Waals surface area (Å²) in [5.74, 6) is 0.134. The fourth-order valence-electron chi connectivity index (χ4n) is 2.17. The van der Waals surface area contributed by atoms with Crippen LogP contribution < -0.4 is 4.74 Å². The molecule has 0 bridgehead atoms. The fraction of sp³-hybridized carbons (Fsp3) is 0.0526. The molecule has 0 saturated heterocycles. The van der Waals surface area contributed by atoms with E-state index in [1.165, 1.54) is 24.3 Å². The average molecular weight is 586 g/mol. The molecule has 0 fully saturated rings. The molecule has 0 amide bonds. The first-order chi connectivity index (χ1) is 12.9. The number of allylic oxidation sites excluding steroid dienone is 1. The van der Waals surface area contributed by atoms with Crippen LogP contribution in [0.1, 0.15) is 15.9 Å². The summed E-state index contributed by atoms with van der Waals surface area (Å²) < 4.78 is 7.26. The van der Waals surface area contributed by atoms with Crippen LogP contribution in [0.4, 0.5) is 5.69 Å². The highest BCUT2D eigenvalue weighted by molar-refractivity contribution is 14.1. The van der Waals surface area contributed by atoms with E-state index >= 15 is 0 Å². The lowest BCUT2D eigenvalue weighted by molar-refractivity contribution is -0.384. The van der Waals surface area contributed by atoms with Gasteiger partial charge in [-0.1, -0.05) is 24.8 Å². The number of nitro benzene ring substituents is 1. The predicted molar refractivity (Wildman–Crippen MR) is 119 cm³/mol. The molecule has 2 rings (SSSR count). The van der Waals surface area contributed by atoms with Crippen LogP contribution in [0.5, 0.6) is 5.75 Å². The van der Waals surface area contributed by atoms with Gasteiger partial charge in [0.15, 0.2) is 0 Å². The first-order valence-corrected chi connectivity index (χ1v) is 9.66. The van der Waals surface area contributed by atoms with Crippen LogP contribution in [-0.4, -0.2) is 17.3 Å². The molecule has 136 valence electrons. The number of rotatable bonds is 7. The highest BCUT2D eigenvalue weighted by Crippen LogP contribution is 2.30. The first-order valence-electron chi connectivity index (χ1n) is 7.51. The number of benzene rings is 2. The van der Waals surface area contributed by atoms with Crippen molar-refractivity contribution in [1.82, 2.24) is 0 Å². The number of ketones is 1. The summed E-state index contributed by atoms with van der Waals surface area (Å²) >= 11 is 4.23. The van der Waals surface area contributed by atoms with E-state index in [-0.39, 0.29) is 16.8 Å². The number of nitrogens with zero attached hydrogens (tertiary/aromatic N) is 2. The molecule has 2 aromatic rings. The van der Waals surface area contributed by atoms with Crippen LogP contribution in [0.3, 0.4) is 0 Å². The van der Waals surface area contributed by atoms with E-state index in [1.54, 1.807) is 18.2 Å². The van der Waals surface area contributed by atoms with E-state index < -0.39 is 10.7 Å². The molecule has 6 nitrogen and oxygen atoms in total. The molecule has 27 heavy (non-hydrogen) atoms. The van der Waals surface area contributed by atoms with Crippen LogP contribution in [0, 0.1) is 28.6 Å². The third-order valence-electron chi connectivity index (χ3n) is 3.36. The Morgan fingerprint density at radius 3 is 2.52 bits per heavy atom. The number of carbonyl (C=O) groups is 1. The Kier molecular flexibility index (Phi) is 7.49. The van der Waals surface area contributed by atoms with E-state index in [2.05, 4.69) is 51.8 Å². The fourth-order valence-corrected chi connectivity index (χ4v) is 4.30. The molecule has 0 aromatic heterocycles. The molecular formula is C19H12I2N2O4. The highest BCUT2D eigenvalue weighted by Gasteiger charge is 2.16. The minimum atomic E-state index is -0.584. The van der Waals surface area contributed by atoms with E-state index in [0.29, 0.717) is 17.9 Å². The quantitative estimate of drug-likeness (QED) is 0.0851. The Labute approximate surface area is 183 Å². The maximum Gasteiger partial charge on any atom is 0.270 e. The van der Waals surface area contributed by atoms with Gasteiger partial charge < -0.3 is 4.74 Å². The van der Waals surface area contributed by atoms with Crippen molar-refractivity contribution in [2.45, 2.75) is 0 Å². The number of halogens is 2. The molecule has 2 aromatic carbocycles. The van der Waals surface area contributed by atoms with Gasteiger partial charge in [0.2, 0.25) is 5.78 Å². The topological polar surface area (TPSA) is 93.2 Å². The van der Waals surface area contributed by atoms with Crippen LogP contribution in [0.2, 0.25) is 0 Å². The molecular weight excluding hydrogens is 574 g/mol. The summed E-state index contributed by atoms with van der Waals surface area (Å²) in [5.41, 5.74) is 0.435. The summed E-state index contributed by atoms with van der Waals surface area (Å²) in [6, 6.07) is 10.8. The first kappa shape index (κ1) is 21.0. The van der Waals surface area contributed by atoms with Gasteiger partial charge >= 0.3 is 0 Å². The van der Waals surface area contributed by atoms with Crippen molar-refractivity contribution < 1.29 is 14.5 Å². The SMILES string of the molecule is C=CCOc1c(I)cc(/C=C(\C#N)C(=O)c2cccc([N+](=O)[O-])c2)cc1I. The molecule has 8 heteroatoms.